The largest absolute Gasteiger partial charge is 0.506 e. The van der Waals surface area contributed by atoms with Crippen molar-refractivity contribution in [2.24, 2.45) is 4.99 Å². The lowest BCUT2D eigenvalue weighted by Gasteiger charge is -2.09. The number of aromatic hydroxyl groups is 1. The molecule has 3 nitrogen and oxygen atoms in total. The molecule has 4 heteroatoms. The van der Waals surface area contributed by atoms with Crippen LogP contribution in [0.4, 0.5) is 10.1 Å². The van der Waals surface area contributed by atoms with Crippen molar-refractivity contribution in [2.75, 3.05) is 0 Å². The van der Waals surface area contributed by atoms with E-state index in [1.807, 2.05) is 30.5 Å². The third kappa shape index (κ3) is 3.01. The Morgan fingerprint density at radius 1 is 1.04 bits per heavy atom. The molecular weight excluding hydrogens is 291 g/mol. The number of phenolic OH excluding ortho intramolecular Hbond substituents is 1. The Balaban J connectivity index is 1.98. The number of aliphatic imine (C=N–C) groups is 1. The van der Waals surface area contributed by atoms with Crippen molar-refractivity contribution in [2.45, 2.75) is 13.8 Å². The molecule has 0 saturated carbocycles. The number of hydrogen-bond acceptors (Lipinski definition) is 2. The minimum Gasteiger partial charge on any atom is -0.506 e. The van der Waals surface area contributed by atoms with Crippen molar-refractivity contribution < 1.29 is 9.50 Å². The minimum atomic E-state index is -0.252. The lowest BCUT2D eigenvalue weighted by Crippen LogP contribution is -1.99. The fourth-order valence-electron chi connectivity index (χ4n) is 2.62. The molecule has 0 saturated heterocycles. The highest BCUT2D eigenvalue weighted by atomic mass is 19.1. The van der Waals surface area contributed by atoms with Crippen molar-refractivity contribution in [3.63, 3.8) is 0 Å². The maximum absolute atomic E-state index is 13.1. The number of aryl methyl sites for hydroxylation is 1. The summed E-state index contributed by atoms with van der Waals surface area (Å²) in [5.41, 5.74) is 4.43. The summed E-state index contributed by atoms with van der Waals surface area (Å²) >= 11 is 0. The molecule has 0 unspecified atom stereocenters. The van der Waals surface area contributed by atoms with Gasteiger partial charge in [0.25, 0.3) is 0 Å². The van der Waals surface area contributed by atoms with Gasteiger partial charge in [-0.25, -0.2) is 4.39 Å². The zero-order valence-corrected chi connectivity index (χ0v) is 13.0. The maximum Gasteiger partial charge on any atom is 0.141 e. The van der Waals surface area contributed by atoms with Crippen molar-refractivity contribution in [3.05, 3.63) is 77.4 Å². The van der Waals surface area contributed by atoms with E-state index in [2.05, 4.69) is 4.99 Å². The predicted molar refractivity (Wildman–Crippen MR) is 90.6 cm³/mol. The highest BCUT2D eigenvalue weighted by molar-refractivity contribution is 5.84. The molecule has 3 rings (SSSR count). The third-order valence-electron chi connectivity index (χ3n) is 3.78. The Morgan fingerprint density at radius 3 is 2.43 bits per heavy atom. The molecule has 0 aliphatic rings. The van der Waals surface area contributed by atoms with Crippen LogP contribution in [0.1, 0.15) is 17.0 Å². The van der Waals surface area contributed by atoms with E-state index in [0.717, 1.165) is 22.6 Å². The number of para-hydroxylation sites is 2. The molecule has 1 N–H and O–H groups in total. The van der Waals surface area contributed by atoms with Crippen LogP contribution < -0.4 is 0 Å². The van der Waals surface area contributed by atoms with Crippen molar-refractivity contribution >= 4 is 11.9 Å². The Morgan fingerprint density at radius 2 is 1.74 bits per heavy atom. The highest BCUT2D eigenvalue weighted by Crippen LogP contribution is 2.26. The van der Waals surface area contributed by atoms with Crippen LogP contribution in [-0.4, -0.2) is 15.9 Å². The molecule has 0 amide bonds. The second-order valence-corrected chi connectivity index (χ2v) is 5.39. The summed E-state index contributed by atoms with van der Waals surface area (Å²) < 4.78 is 15.1. The molecule has 0 spiro atoms. The second-order valence-electron chi connectivity index (χ2n) is 5.39. The highest BCUT2D eigenvalue weighted by Gasteiger charge is 2.09. The first-order valence-electron chi connectivity index (χ1n) is 7.33. The first kappa shape index (κ1) is 15.0. The zero-order valence-electron chi connectivity index (χ0n) is 13.0. The van der Waals surface area contributed by atoms with Crippen LogP contribution in [0.5, 0.6) is 5.75 Å². The van der Waals surface area contributed by atoms with Gasteiger partial charge in [0, 0.05) is 28.9 Å². The van der Waals surface area contributed by atoms with Gasteiger partial charge in [0.1, 0.15) is 17.3 Å². The van der Waals surface area contributed by atoms with Gasteiger partial charge in [0.2, 0.25) is 0 Å². The van der Waals surface area contributed by atoms with Gasteiger partial charge in [-0.1, -0.05) is 12.1 Å². The van der Waals surface area contributed by atoms with Crippen molar-refractivity contribution in [1.29, 1.82) is 0 Å². The Bertz CT molecular complexity index is 864. The first-order chi connectivity index (χ1) is 11.1. The van der Waals surface area contributed by atoms with Crippen LogP contribution in [0.15, 0.2) is 59.6 Å². The molecule has 2 aromatic carbocycles. The zero-order chi connectivity index (χ0) is 16.4. The molecule has 0 aliphatic heterocycles. The summed E-state index contributed by atoms with van der Waals surface area (Å²) in [4.78, 5) is 4.35. The van der Waals surface area contributed by atoms with Gasteiger partial charge in [-0.2, -0.15) is 0 Å². The van der Waals surface area contributed by atoms with E-state index in [0.29, 0.717) is 5.69 Å². The predicted octanol–water partition coefficient (Wildman–Crippen LogP) is 4.69. The molecule has 3 aromatic rings. The summed E-state index contributed by atoms with van der Waals surface area (Å²) in [6.07, 6.45) is 1.73. The molecule has 116 valence electrons. The number of halogens is 1. The van der Waals surface area contributed by atoms with E-state index in [9.17, 15) is 9.50 Å². The molecule has 1 aromatic heterocycles. The maximum atomic E-state index is 13.1. The third-order valence-corrected chi connectivity index (χ3v) is 3.78. The van der Waals surface area contributed by atoms with E-state index < -0.39 is 0 Å². The van der Waals surface area contributed by atoms with Gasteiger partial charge in [-0.3, -0.25) is 4.99 Å². The SMILES string of the molecule is Cc1cc(C=Nc2ccccc2O)c(C)n1-c1ccc(F)cc1. The number of aromatic nitrogens is 1. The Hall–Kier alpha value is -2.88. The molecule has 0 fully saturated rings. The summed E-state index contributed by atoms with van der Waals surface area (Å²) in [6.45, 7) is 3.98. The monoisotopic (exact) mass is 308 g/mol. The summed E-state index contributed by atoms with van der Waals surface area (Å²) in [5, 5.41) is 9.77. The van der Waals surface area contributed by atoms with E-state index in [4.69, 9.17) is 0 Å². The summed E-state index contributed by atoms with van der Waals surface area (Å²) in [5.74, 6) is -0.103. The van der Waals surface area contributed by atoms with Crippen LogP contribution in [0.25, 0.3) is 5.69 Å². The fraction of sp³-hybridized carbons (Fsp3) is 0.105. The molecule has 0 bridgehead atoms. The van der Waals surface area contributed by atoms with Crippen LogP contribution >= 0.6 is 0 Å². The lowest BCUT2D eigenvalue weighted by molar-refractivity contribution is 0.477. The van der Waals surface area contributed by atoms with E-state index >= 15 is 0 Å². The molecule has 1 heterocycles. The average molecular weight is 308 g/mol. The quantitative estimate of drug-likeness (QED) is 0.700. The van der Waals surface area contributed by atoms with Gasteiger partial charge in [0.05, 0.1) is 0 Å². The smallest absolute Gasteiger partial charge is 0.141 e. The van der Waals surface area contributed by atoms with E-state index in [-0.39, 0.29) is 11.6 Å². The van der Waals surface area contributed by atoms with E-state index in [1.54, 1.807) is 36.5 Å². The van der Waals surface area contributed by atoms with Gasteiger partial charge in [-0.05, 0) is 56.3 Å². The first-order valence-corrected chi connectivity index (χ1v) is 7.33. The van der Waals surface area contributed by atoms with Crippen LogP contribution in [-0.2, 0) is 0 Å². The van der Waals surface area contributed by atoms with Crippen molar-refractivity contribution in [1.82, 2.24) is 4.57 Å². The number of rotatable bonds is 3. The average Bonchev–Trinajstić information content (AvgIpc) is 2.82. The number of nitrogens with zero attached hydrogens (tertiary/aromatic N) is 2. The number of hydrogen-bond donors (Lipinski definition) is 1. The Kier molecular flexibility index (Phi) is 3.98. The van der Waals surface area contributed by atoms with Crippen LogP contribution in [0.3, 0.4) is 0 Å². The van der Waals surface area contributed by atoms with Gasteiger partial charge >= 0.3 is 0 Å². The molecule has 0 atom stereocenters. The number of benzene rings is 2. The number of phenols is 1. The van der Waals surface area contributed by atoms with E-state index in [1.165, 1.54) is 12.1 Å². The van der Waals surface area contributed by atoms with Crippen LogP contribution in [0, 0.1) is 19.7 Å². The van der Waals surface area contributed by atoms with Gasteiger partial charge in [0.15, 0.2) is 0 Å². The van der Waals surface area contributed by atoms with Crippen LogP contribution in [0.2, 0.25) is 0 Å². The molecule has 0 radical (unpaired) electrons. The molecular formula is C19H17FN2O. The standard InChI is InChI=1S/C19H17FN2O/c1-13-11-15(12-21-18-5-3-4-6-19(18)23)14(2)22(13)17-9-7-16(20)8-10-17/h3-12,23H,1-2H3. The summed E-state index contributed by atoms with van der Waals surface area (Å²) in [6, 6.07) is 15.4. The summed E-state index contributed by atoms with van der Waals surface area (Å²) in [7, 11) is 0. The minimum absolute atomic E-state index is 0.149. The van der Waals surface area contributed by atoms with Gasteiger partial charge < -0.3 is 9.67 Å². The Labute approximate surface area is 134 Å². The second kappa shape index (κ2) is 6.08. The molecule has 23 heavy (non-hydrogen) atoms. The fourth-order valence-corrected chi connectivity index (χ4v) is 2.62. The van der Waals surface area contributed by atoms with Crippen molar-refractivity contribution in [3.8, 4) is 11.4 Å². The lowest BCUT2D eigenvalue weighted by atomic mass is 10.2. The molecule has 0 aliphatic carbocycles. The van der Waals surface area contributed by atoms with Gasteiger partial charge in [-0.15, -0.1) is 0 Å². The normalized spacial score (nSPS) is 11.3. The topological polar surface area (TPSA) is 37.5 Å².